The molecule has 0 atom stereocenters. The number of carbonyl (C=O) groups is 3. The van der Waals surface area contributed by atoms with Gasteiger partial charge in [0.25, 0.3) is 0 Å². The van der Waals surface area contributed by atoms with Crippen molar-refractivity contribution in [2.75, 3.05) is 27.3 Å². The quantitative estimate of drug-likeness (QED) is 0.237. The lowest BCUT2D eigenvalue weighted by atomic mass is 10.2. The molecule has 7 heteroatoms. The molecule has 0 aliphatic carbocycles. The maximum absolute atomic E-state index is 11.8. The number of ether oxygens (including phenoxy) is 3. The summed E-state index contributed by atoms with van der Waals surface area (Å²) in [6.45, 7) is 3.46. The highest BCUT2D eigenvalue weighted by atomic mass is 16.6. The molecule has 22 heavy (non-hydrogen) atoms. The average Bonchev–Trinajstić information content (AvgIpc) is 2.76. The fraction of sp³-hybridized carbons (Fsp3) is 0.400. The average molecular weight is 309 g/mol. The van der Waals surface area contributed by atoms with Crippen LogP contribution >= 0.6 is 0 Å². The lowest BCUT2D eigenvalue weighted by Gasteiger charge is -2.06. The summed E-state index contributed by atoms with van der Waals surface area (Å²) in [4.78, 5) is 37.0. The molecule has 0 saturated carbocycles. The van der Waals surface area contributed by atoms with Crippen molar-refractivity contribution in [2.45, 2.75) is 13.8 Å². The first kappa shape index (κ1) is 17.5. The third-order valence-corrected chi connectivity index (χ3v) is 2.42. The Morgan fingerprint density at radius 3 is 2.18 bits per heavy atom. The van der Waals surface area contributed by atoms with Gasteiger partial charge < -0.3 is 19.1 Å². The zero-order chi connectivity index (χ0) is 16.7. The minimum absolute atomic E-state index is 0.0780. The van der Waals surface area contributed by atoms with Crippen LogP contribution in [0.2, 0.25) is 0 Å². The van der Waals surface area contributed by atoms with Crippen molar-refractivity contribution >= 4 is 17.9 Å². The van der Waals surface area contributed by atoms with Crippen molar-refractivity contribution in [1.82, 2.24) is 4.90 Å². The van der Waals surface area contributed by atoms with Crippen molar-refractivity contribution in [2.24, 2.45) is 0 Å². The Morgan fingerprint density at radius 1 is 1.18 bits per heavy atom. The van der Waals surface area contributed by atoms with Gasteiger partial charge in [-0.3, -0.25) is 0 Å². The van der Waals surface area contributed by atoms with Crippen molar-refractivity contribution < 1.29 is 28.6 Å². The lowest BCUT2D eigenvalue weighted by Crippen LogP contribution is -2.18. The Labute approximate surface area is 128 Å². The van der Waals surface area contributed by atoms with E-state index in [1.54, 1.807) is 39.0 Å². The van der Waals surface area contributed by atoms with E-state index in [4.69, 9.17) is 14.2 Å². The number of hydrogen-bond donors (Lipinski definition) is 0. The second-order valence-corrected chi connectivity index (χ2v) is 4.48. The molecule has 1 rings (SSSR count). The number of hydrogen-bond acceptors (Lipinski definition) is 7. The smallest absolute Gasteiger partial charge is 0.345 e. The van der Waals surface area contributed by atoms with Crippen LogP contribution in [0, 0.1) is 0 Å². The molecule has 0 fully saturated rings. The van der Waals surface area contributed by atoms with Gasteiger partial charge in [-0.2, -0.15) is 0 Å². The monoisotopic (exact) mass is 309 g/mol. The summed E-state index contributed by atoms with van der Waals surface area (Å²) >= 11 is 0. The summed E-state index contributed by atoms with van der Waals surface area (Å²) in [7, 11) is 3.51. The van der Waals surface area contributed by atoms with E-state index >= 15 is 0 Å². The summed E-state index contributed by atoms with van der Waals surface area (Å²) in [6.07, 6.45) is 4.14. The van der Waals surface area contributed by atoms with Crippen molar-refractivity contribution in [3.63, 3.8) is 0 Å². The minimum Gasteiger partial charge on any atom is -0.462 e. The second-order valence-electron chi connectivity index (χ2n) is 4.48. The molecule has 0 saturated heterocycles. The van der Waals surface area contributed by atoms with Gasteiger partial charge in [-0.05, 0) is 19.9 Å². The molecular formula is C15H19NO6. The zero-order valence-electron chi connectivity index (χ0n) is 13.0. The summed E-state index contributed by atoms with van der Waals surface area (Å²) in [5.41, 5.74) is -0.0165. The molecule has 0 bridgehead atoms. The van der Waals surface area contributed by atoms with Gasteiger partial charge in [-0.15, -0.1) is 0 Å². The molecule has 7 nitrogen and oxygen atoms in total. The van der Waals surface area contributed by atoms with Crippen LogP contribution in [-0.2, 0) is 28.6 Å². The van der Waals surface area contributed by atoms with E-state index in [-0.39, 0.29) is 24.5 Å². The number of esters is 3. The fourth-order valence-electron chi connectivity index (χ4n) is 1.61. The van der Waals surface area contributed by atoms with Crippen LogP contribution in [0.1, 0.15) is 13.8 Å². The Balaban J connectivity index is 3.09. The molecule has 1 heterocycles. The van der Waals surface area contributed by atoms with Crippen molar-refractivity contribution in [3.05, 3.63) is 35.3 Å². The van der Waals surface area contributed by atoms with E-state index in [0.29, 0.717) is 5.57 Å². The standard InChI is InChI=1S/C15H19NO6/c1-5-20-14(18)12(15(19)21-6-2)8-11-7-10(9-16(3)4)13(17)22-11/h7-9H,5-6H2,1-4H3. The zero-order valence-corrected chi connectivity index (χ0v) is 13.0. The van der Waals surface area contributed by atoms with Gasteiger partial charge in [-0.1, -0.05) is 0 Å². The lowest BCUT2D eigenvalue weighted by molar-refractivity contribution is -0.146. The molecule has 0 N–H and O–H groups in total. The van der Waals surface area contributed by atoms with Crippen LogP contribution in [0.5, 0.6) is 0 Å². The van der Waals surface area contributed by atoms with E-state index in [1.165, 1.54) is 6.08 Å². The molecule has 0 radical (unpaired) electrons. The largest absolute Gasteiger partial charge is 0.462 e. The summed E-state index contributed by atoms with van der Waals surface area (Å²) in [5.74, 6) is -2.15. The normalized spacial score (nSPS) is 15.0. The van der Waals surface area contributed by atoms with Crippen LogP contribution in [0.4, 0.5) is 0 Å². The summed E-state index contributed by atoms with van der Waals surface area (Å²) < 4.78 is 14.6. The third kappa shape index (κ3) is 4.76. The SMILES string of the molecule is CCOC(=O)C(=CC1=CC(=CN(C)C)C(=O)O1)C(=O)OCC. The Kier molecular flexibility index (Phi) is 6.37. The van der Waals surface area contributed by atoms with Crippen LogP contribution in [-0.4, -0.2) is 50.1 Å². The molecule has 0 aromatic heterocycles. The van der Waals surface area contributed by atoms with E-state index < -0.39 is 17.9 Å². The van der Waals surface area contributed by atoms with E-state index in [0.717, 1.165) is 6.08 Å². The van der Waals surface area contributed by atoms with Gasteiger partial charge in [0.1, 0.15) is 11.3 Å². The fourth-order valence-corrected chi connectivity index (χ4v) is 1.61. The maximum Gasteiger partial charge on any atom is 0.345 e. The third-order valence-electron chi connectivity index (χ3n) is 2.42. The Bertz CT molecular complexity index is 536. The maximum atomic E-state index is 11.8. The minimum atomic E-state index is -0.831. The second kappa shape index (κ2) is 8.02. The van der Waals surface area contributed by atoms with Crippen molar-refractivity contribution in [1.29, 1.82) is 0 Å². The molecule has 0 aromatic carbocycles. The molecule has 0 spiro atoms. The Hall–Kier alpha value is -2.57. The van der Waals surface area contributed by atoms with Crippen LogP contribution in [0.25, 0.3) is 0 Å². The number of cyclic esters (lactones) is 1. The number of allylic oxidation sites excluding steroid dienone is 1. The number of rotatable bonds is 6. The summed E-state index contributed by atoms with van der Waals surface area (Å²) in [6, 6.07) is 0. The van der Waals surface area contributed by atoms with Crippen LogP contribution in [0.3, 0.4) is 0 Å². The number of nitrogens with zero attached hydrogens (tertiary/aromatic N) is 1. The van der Waals surface area contributed by atoms with Crippen molar-refractivity contribution in [3.8, 4) is 0 Å². The van der Waals surface area contributed by atoms with Gasteiger partial charge in [0.15, 0.2) is 0 Å². The predicted molar refractivity (Wildman–Crippen MR) is 77.3 cm³/mol. The molecule has 0 aromatic rings. The highest BCUT2D eigenvalue weighted by Gasteiger charge is 2.25. The molecule has 0 unspecified atom stereocenters. The first-order valence-corrected chi connectivity index (χ1v) is 6.77. The van der Waals surface area contributed by atoms with E-state index in [2.05, 4.69) is 0 Å². The van der Waals surface area contributed by atoms with Gasteiger partial charge >= 0.3 is 17.9 Å². The van der Waals surface area contributed by atoms with E-state index in [9.17, 15) is 14.4 Å². The molecule has 1 aliphatic rings. The highest BCUT2D eigenvalue weighted by molar-refractivity contribution is 6.14. The van der Waals surface area contributed by atoms with Crippen LogP contribution < -0.4 is 0 Å². The van der Waals surface area contributed by atoms with Gasteiger partial charge in [0.2, 0.25) is 0 Å². The first-order valence-electron chi connectivity index (χ1n) is 6.77. The van der Waals surface area contributed by atoms with Gasteiger partial charge in [0.05, 0.1) is 18.8 Å². The van der Waals surface area contributed by atoms with Gasteiger partial charge in [0, 0.05) is 26.4 Å². The number of carbonyl (C=O) groups excluding carboxylic acids is 3. The predicted octanol–water partition coefficient (Wildman–Crippen LogP) is 0.925. The molecule has 0 amide bonds. The molecule has 120 valence electrons. The molecule has 1 aliphatic heterocycles. The van der Waals surface area contributed by atoms with Gasteiger partial charge in [-0.25, -0.2) is 14.4 Å². The molecular weight excluding hydrogens is 290 g/mol. The first-order chi connectivity index (χ1) is 10.4. The van der Waals surface area contributed by atoms with E-state index in [1.807, 2.05) is 0 Å². The summed E-state index contributed by atoms with van der Waals surface area (Å²) in [5, 5.41) is 0. The topological polar surface area (TPSA) is 82.1 Å². The highest BCUT2D eigenvalue weighted by Crippen LogP contribution is 2.20. The Morgan fingerprint density at radius 2 is 1.73 bits per heavy atom. The van der Waals surface area contributed by atoms with Crippen LogP contribution in [0.15, 0.2) is 35.3 Å².